The van der Waals surface area contributed by atoms with Gasteiger partial charge in [-0.25, -0.2) is 0 Å². The molecule has 11 aromatic rings. The van der Waals surface area contributed by atoms with Gasteiger partial charge in [0, 0.05) is 44.3 Å². The van der Waals surface area contributed by atoms with E-state index < -0.39 is 0 Å². The summed E-state index contributed by atoms with van der Waals surface area (Å²) >= 11 is 0. The molecular formula is C52H34N2O. The number of para-hydroxylation sites is 3. The number of rotatable bonds is 6. The summed E-state index contributed by atoms with van der Waals surface area (Å²) in [6, 6.07) is 74.0. The smallest absolute Gasteiger partial charge is 0.136 e. The molecule has 0 atom stereocenters. The van der Waals surface area contributed by atoms with Crippen molar-refractivity contribution in [2.45, 2.75) is 0 Å². The van der Waals surface area contributed by atoms with Crippen molar-refractivity contribution in [2.24, 2.45) is 0 Å². The molecule has 0 aliphatic rings. The number of anilines is 3. The van der Waals surface area contributed by atoms with Crippen molar-refractivity contribution in [3.05, 3.63) is 206 Å². The van der Waals surface area contributed by atoms with Gasteiger partial charge in [-0.2, -0.15) is 0 Å². The van der Waals surface area contributed by atoms with Gasteiger partial charge in [0.25, 0.3) is 0 Å². The summed E-state index contributed by atoms with van der Waals surface area (Å²) in [4.78, 5) is 2.34. The van der Waals surface area contributed by atoms with Gasteiger partial charge in [-0.3, -0.25) is 0 Å². The van der Waals surface area contributed by atoms with Crippen LogP contribution in [0, 0.1) is 0 Å². The summed E-state index contributed by atoms with van der Waals surface area (Å²) in [5.74, 6) is 0. The molecule has 11 rings (SSSR count). The first-order valence-corrected chi connectivity index (χ1v) is 18.7. The second-order valence-corrected chi connectivity index (χ2v) is 14.2. The first-order valence-electron chi connectivity index (χ1n) is 18.7. The fourth-order valence-electron chi connectivity index (χ4n) is 8.28. The highest BCUT2D eigenvalue weighted by molar-refractivity contribution is 6.09. The van der Waals surface area contributed by atoms with Crippen LogP contribution in [0.15, 0.2) is 211 Å². The van der Waals surface area contributed by atoms with Crippen LogP contribution in [-0.2, 0) is 0 Å². The predicted molar refractivity (Wildman–Crippen MR) is 231 cm³/mol. The quantitative estimate of drug-likeness (QED) is 0.172. The number of fused-ring (bicyclic) bond motifs is 7. The van der Waals surface area contributed by atoms with Gasteiger partial charge in [-0.1, -0.05) is 121 Å². The molecule has 0 fully saturated rings. The third kappa shape index (κ3) is 5.28. The Balaban J connectivity index is 0.991. The molecule has 3 nitrogen and oxygen atoms in total. The normalized spacial score (nSPS) is 11.6. The Labute approximate surface area is 318 Å². The van der Waals surface area contributed by atoms with Crippen molar-refractivity contribution in [3.63, 3.8) is 0 Å². The van der Waals surface area contributed by atoms with Crippen molar-refractivity contribution in [1.29, 1.82) is 0 Å². The Morgan fingerprint density at radius 3 is 1.45 bits per heavy atom. The second kappa shape index (κ2) is 12.6. The van der Waals surface area contributed by atoms with Crippen LogP contribution >= 0.6 is 0 Å². The first-order chi connectivity index (χ1) is 27.2. The van der Waals surface area contributed by atoms with E-state index in [2.05, 4.69) is 204 Å². The summed E-state index contributed by atoms with van der Waals surface area (Å²) in [5, 5.41) is 7.29. The van der Waals surface area contributed by atoms with Crippen molar-refractivity contribution in [1.82, 2.24) is 4.57 Å². The van der Waals surface area contributed by atoms with Gasteiger partial charge in [0.1, 0.15) is 11.2 Å². The maximum atomic E-state index is 6.23. The summed E-state index contributed by atoms with van der Waals surface area (Å²) < 4.78 is 8.59. The molecule has 0 bridgehead atoms. The van der Waals surface area contributed by atoms with Crippen LogP contribution in [0.3, 0.4) is 0 Å². The molecule has 0 N–H and O–H groups in total. The lowest BCUT2D eigenvalue weighted by Crippen LogP contribution is -2.10. The molecule has 0 aliphatic heterocycles. The Hall–Kier alpha value is -7.36. The fraction of sp³-hybridized carbons (Fsp3) is 0. The third-order valence-electron chi connectivity index (χ3n) is 11.0. The molecule has 0 aliphatic carbocycles. The van der Waals surface area contributed by atoms with Gasteiger partial charge in [0.05, 0.1) is 11.0 Å². The molecule has 2 heterocycles. The minimum Gasteiger partial charge on any atom is -0.456 e. The van der Waals surface area contributed by atoms with Gasteiger partial charge in [0.15, 0.2) is 0 Å². The van der Waals surface area contributed by atoms with E-state index in [0.717, 1.165) is 55.8 Å². The van der Waals surface area contributed by atoms with Crippen molar-refractivity contribution in [2.75, 3.05) is 4.90 Å². The van der Waals surface area contributed by atoms with Crippen LogP contribution in [0.25, 0.3) is 82.5 Å². The molecule has 3 heteroatoms. The van der Waals surface area contributed by atoms with Crippen molar-refractivity contribution >= 4 is 71.6 Å². The highest BCUT2D eigenvalue weighted by Crippen LogP contribution is 2.39. The average Bonchev–Trinajstić information content (AvgIpc) is 3.80. The topological polar surface area (TPSA) is 21.3 Å². The Morgan fingerprint density at radius 1 is 0.327 bits per heavy atom. The molecule has 258 valence electrons. The largest absolute Gasteiger partial charge is 0.456 e. The maximum absolute atomic E-state index is 6.23. The number of furan rings is 1. The molecule has 55 heavy (non-hydrogen) atoms. The summed E-state index contributed by atoms with van der Waals surface area (Å²) in [6.07, 6.45) is 0. The predicted octanol–water partition coefficient (Wildman–Crippen LogP) is 14.6. The SMILES string of the molecule is c1ccc2cc(-c3ccc(N(c4ccc(-c5ccc6c(c5)oc5ccccc56)cc4)c4ccc(-n5c6ccccc6c6ccccc65)cc4)cc3)ccc2c1. The van der Waals surface area contributed by atoms with E-state index >= 15 is 0 Å². The first kappa shape index (κ1) is 31.2. The maximum Gasteiger partial charge on any atom is 0.136 e. The zero-order valence-electron chi connectivity index (χ0n) is 29.9. The van der Waals surface area contributed by atoms with E-state index in [4.69, 9.17) is 4.42 Å². The van der Waals surface area contributed by atoms with Crippen LogP contribution in [0.4, 0.5) is 17.1 Å². The Kier molecular flexibility index (Phi) is 7.17. The molecule has 0 radical (unpaired) electrons. The van der Waals surface area contributed by atoms with Gasteiger partial charge >= 0.3 is 0 Å². The molecule has 0 unspecified atom stereocenters. The molecule has 0 spiro atoms. The van der Waals surface area contributed by atoms with Crippen molar-refractivity contribution in [3.8, 4) is 27.9 Å². The van der Waals surface area contributed by atoms with Gasteiger partial charge < -0.3 is 13.9 Å². The fourth-order valence-corrected chi connectivity index (χ4v) is 8.28. The molecule has 2 aromatic heterocycles. The van der Waals surface area contributed by atoms with Crippen LogP contribution in [0.1, 0.15) is 0 Å². The van der Waals surface area contributed by atoms with Crippen LogP contribution in [0.2, 0.25) is 0 Å². The lowest BCUT2D eigenvalue weighted by molar-refractivity contribution is 0.669. The highest BCUT2D eigenvalue weighted by Gasteiger charge is 2.16. The molecule has 9 aromatic carbocycles. The van der Waals surface area contributed by atoms with E-state index in [-0.39, 0.29) is 0 Å². The molecule has 0 amide bonds. The Bertz CT molecular complexity index is 3130. The minimum absolute atomic E-state index is 0.902. The second-order valence-electron chi connectivity index (χ2n) is 14.2. The Morgan fingerprint density at radius 2 is 0.800 bits per heavy atom. The lowest BCUT2D eigenvalue weighted by Gasteiger charge is -2.26. The molecule has 0 saturated heterocycles. The van der Waals surface area contributed by atoms with E-state index in [9.17, 15) is 0 Å². The zero-order chi connectivity index (χ0) is 36.3. The molecular weight excluding hydrogens is 669 g/mol. The summed E-state index contributed by atoms with van der Waals surface area (Å²) in [7, 11) is 0. The number of benzene rings is 9. The average molecular weight is 703 g/mol. The number of hydrogen-bond acceptors (Lipinski definition) is 2. The van der Waals surface area contributed by atoms with Gasteiger partial charge in [-0.05, 0) is 118 Å². The van der Waals surface area contributed by atoms with Gasteiger partial charge in [-0.15, -0.1) is 0 Å². The minimum atomic E-state index is 0.902. The van der Waals surface area contributed by atoms with Crippen LogP contribution < -0.4 is 4.90 Å². The zero-order valence-corrected chi connectivity index (χ0v) is 29.9. The highest BCUT2D eigenvalue weighted by atomic mass is 16.3. The van der Waals surface area contributed by atoms with E-state index in [1.54, 1.807) is 0 Å². The number of nitrogens with zero attached hydrogens (tertiary/aromatic N) is 2. The van der Waals surface area contributed by atoms with E-state index in [1.165, 1.54) is 43.7 Å². The van der Waals surface area contributed by atoms with Crippen LogP contribution in [-0.4, -0.2) is 4.57 Å². The van der Waals surface area contributed by atoms with E-state index in [1.807, 2.05) is 12.1 Å². The van der Waals surface area contributed by atoms with Crippen LogP contribution in [0.5, 0.6) is 0 Å². The number of aromatic nitrogens is 1. The third-order valence-corrected chi connectivity index (χ3v) is 11.0. The standard InChI is InChI=1S/C52H34N2O/c1-2-10-38-33-39(18-17-35(38)9-1)36-19-24-41(25-20-36)53(42-26-21-37(22-27-42)40-23-32-48-47-13-5-8-16-51(47)55-52(48)34-40)43-28-30-44(31-29-43)54-49-14-6-3-11-45(49)46-12-4-7-15-50(46)54/h1-34H. The van der Waals surface area contributed by atoms with Gasteiger partial charge in [0.2, 0.25) is 0 Å². The monoisotopic (exact) mass is 702 g/mol. The molecule has 0 saturated carbocycles. The summed E-state index contributed by atoms with van der Waals surface area (Å²) in [5.41, 5.74) is 13.3. The lowest BCUT2D eigenvalue weighted by atomic mass is 10.0. The summed E-state index contributed by atoms with van der Waals surface area (Å²) in [6.45, 7) is 0. The van der Waals surface area contributed by atoms with Crippen molar-refractivity contribution < 1.29 is 4.42 Å². The number of hydrogen-bond donors (Lipinski definition) is 0. The van der Waals surface area contributed by atoms with E-state index in [0.29, 0.717) is 0 Å².